The lowest BCUT2D eigenvalue weighted by Crippen LogP contribution is -2.31. The number of nitrogens with zero attached hydrogens (tertiary/aromatic N) is 4. The molecule has 3 heterocycles. The highest BCUT2D eigenvalue weighted by atomic mass is 16.3. The van der Waals surface area contributed by atoms with Gasteiger partial charge in [0.2, 0.25) is 0 Å². The molecule has 1 fully saturated rings. The van der Waals surface area contributed by atoms with E-state index in [1.165, 1.54) is 0 Å². The number of rotatable bonds is 1. The molecule has 0 unspecified atom stereocenters. The van der Waals surface area contributed by atoms with Crippen LogP contribution in [-0.4, -0.2) is 35.7 Å². The van der Waals surface area contributed by atoms with Gasteiger partial charge in [-0.15, -0.1) is 5.10 Å². The number of hydrogen-bond acceptors (Lipinski definition) is 4. The van der Waals surface area contributed by atoms with Crippen molar-refractivity contribution < 1.29 is 5.11 Å². The fourth-order valence-electron chi connectivity index (χ4n) is 3.16. The predicted octanol–water partition coefficient (Wildman–Crippen LogP) is 2.17. The van der Waals surface area contributed by atoms with Gasteiger partial charge in [-0.05, 0) is 38.7 Å². The summed E-state index contributed by atoms with van der Waals surface area (Å²) in [5, 5.41) is 19.7. The van der Waals surface area contributed by atoms with Crippen molar-refractivity contribution in [3.8, 4) is 0 Å². The maximum atomic E-state index is 10.1. The highest BCUT2D eigenvalue weighted by Crippen LogP contribution is 2.36. The first-order valence-corrected chi connectivity index (χ1v) is 7.03. The molecular formula is C14H17N5O. The van der Waals surface area contributed by atoms with Crippen molar-refractivity contribution in [3.63, 3.8) is 0 Å². The minimum absolute atomic E-state index is 0.306. The Kier molecular flexibility index (Phi) is 2.38. The Morgan fingerprint density at radius 2 is 2.20 bits per heavy atom. The summed E-state index contributed by atoms with van der Waals surface area (Å²) < 4.78 is 2.02. The second kappa shape index (κ2) is 4.02. The van der Waals surface area contributed by atoms with Crippen LogP contribution < -0.4 is 0 Å². The number of hydrogen-bond donors (Lipinski definition) is 2. The van der Waals surface area contributed by atoms with Crippen molar-refractivity contribution in [2.45, 2.75) is 44.2 Å². The summed E-state index contributed by atoms with van der Waals surface area (Å²) in [4.78, 5) is 7.46. The molecule has 1 saturated carbocycles. The lowest BCUT2D eigenvalue weighted by atomic mass is 9.83. The van der Waals surface area contributed by atoms with Crippen LogP contribution in [0.25, 0.3) is 22.1 Å². The molecule has 0 atom stereocenters. The van der Waals surface area contributed by atoms with Crippen molar-refractivity contribution >= 4 is 22.1 Å². The summed E-state index contributed by atoms with van der Waals surface area (Å²) in [6.07, 6.45) is 7.12. The molecule has 6 nitrogen and oxygen atoms in total. The molecule has 0 amide bonds. The molecule has 2 N–H and O–H groups in total. The standard InChI is InChI=1S/C14H17N5O/c1-14(20)5-2-9(3-6-14)19-12-10-4-7-15-13(10)16-8-11(12)17-18-19/h4,7-9,20H,2-3,5-6H2,1H3,(H,15,16)/t9-,14+. The lowest BCUT2D eigenvalue weighted by molar-refractivity contribution is 0.00884. The van der Waals surface area contributed by atoms with Gasteiger partial charge >= 0.3 is 0 Å². The number of fused-ring (bicyclic) bond motifs is 3. The summed E-state index contributed by atoms with van der Waals surface area (Å²) in [5.41, 5.74) is 2.21. The Hall–Kier alpha value is -1.95. The second-order valence-corrected chi connectivity index (χ2v) is 5.99. The summed E-state index contributed by atoms with van der Waals surface area (Å²) >= 11 is 0. The van der Waals surface area contributed by atoms with Crippen LogP contribution in [0.5, 0.6) is 0 Å². The maximum Gasteiger partial charge on any atom is 0.139 e. The lowest BCUT2D eigenvalue weighted by Gasteiger charge is -2.33. The van der Waals surface area contributed by atoms with Gasteiger partial charge in [0.25, 0.3) is 0 Å². The summed E-state index contributed by atoms with van der Waals surface area (Å²) in [7, 11) is 0. The van der Waals surface area contributed by atoms with E-state index in [1.807, 2.05) is 23.9 Å². The molecule has 1 aliphatic rings. The highest BCUT2D eigenvalue weighted by Gasteiger charge is 2.31. The van der Waals surface area contributed by atoms with Crippen molar-refractivity contribution in [1.82, 2.24) is 25.0 Å². The quantitative estimate of drug-likeness (QED) is 0.711. The number of aromatic amines is 1. The van der Waals surface area contributed by atoms with Crippen molar-refractivity contribution in [2.75, 3.05) is 0 Å². The van der Waals surface area contributed by atoms with Gasteiger partial charge in [-0.25, -0.2) is 9.67 Å². The molecule has 0 bridgehead atoms. The largest absolute Gasteiger partial charge is 0.390 e. The molecule has 0 aromatic carbocycles. The SMILES string of the molecule is C[C@]1(O)CC[C@@H](n2nnc3cnc4[nH]ccc4c32)CC1. The normalized spacial score (nSPS) is 27.4. The van der Waals surface area contributed by atoms with Gasteiger partial charge < -0.3 is 10.1 Å². The zero-order chi connectivity index (χ0) is 13.7. The van der Waals surface area contributed by atoms with Gasteiger partial charge in [-0.2, -0.15) is 0 Å². The molecule has 0 aliphatic heterocycles. The van der Waals surface area contributed by atoms with Crippen LogP contribution in [0.3, 0.4) is 0 Å². The van der Waals surface area contributed by atoms with Crippen molar-refractivity contribution in [2.24, 2.45) is 0 Å². The fraction of sp³-hybridized carbons (Fsp3) is 0.500. The van der Waals surface area contributed by atoms with E-state index in [1.54, 1.807) is 6.20 Å². The van der Waals surface area contributed by atoms with Crippen LogP contribution in [0.4, 0.5) is 0 Å². The van der Waals surface area contributed by atoms with Crippen LogP contribution in [0.1, 0.15) is 38.6 Å². The number of aliphatic hydroxyl groups is 1. The molecule has 4 rings (SSSR count). The van der Waals surface area contributed by atoms with Gasteiger partial charge in [0, 0.05) is 11.6 Å². The van der Waals surface area contributed by atoms with Crippen LogP contribution in [-0.2, 0) is 0 Å². The first-order valence-electron chi connectivity index (χ1n) is 7.03. The Balaban J connectivity index is 1.82. The average molecular weight is 271 g/mol. The van der Waals surface area contributed by atoms with Gasteiger partial charge in [-0.1, -0.05) is 5.21 Å². The van der Waals surface area contributed by atoms with Crippen molar-refractivity contribution in [1.29, 1.82) is 0 Å². The van der Waals surface area contributed by atoms with Gasteiger partial charge in [-0.3, -0.25) is 0 Å². The molecule has 0 radical (unpaired) electrons. The predicted molar refractivity (Wildman–Crippen MR) is 75.3 cm³/mol. The van der Waals surface area contributed by atoms with E-state index >= 15 is 0 Å². The van der Waals surface area contributed by atoms with Gasteiger partial charge in [0.1, 0.15) is 16.7 Å². The molecule has 1 aliphatic carbocycles. The molecule has 6 heteroatoms. The van der Waals surface area contributed by atoms with E-state index < -0.39 is 5.60 Å². The van der Waals surface area contributed by atoms with E-state index in [-0.39, 0.29) is 0 Å². The third kappa shape index (κ3) is 1.71. The molecule has 0 spiro atoms. The minimum Gasteiger partial charge on any atom is -0.390 e. The van der Waals surface area contributed by atoms with E-state index in [9.17, 15) is 5.11 Å². The Bertz CT molecular complexity index is 762. The molecule has 3 aromatic heterocycles. The van der Waals surface area contributed by atoms with Crippen molar-refractivity contribution in [3.05, 3.63) is 18.5 Å². The van der Waals surface area contributed by atoms with Crippen LogP contribution >= 0.6 is 0 Å². The fourth-order valence-corrected chi connectivity index (χ4v) is 3.16. The van der Waals surface area contributed by atoms with E-state index in [0.29, 0.717) is 6.04 Å². The van der Waals surface area contributed by atoms with E-state index in [4.69, 9.17) is 0 Å². The van der Waals surface area contributed by atoms with Crippen LogP contribution in [0.15, 0.2) is 18.5 Å². The average Bonchev–Trinajstić information content (AvgIpc) is 3.03. The summed E-state index contributed by atoms with van der Waals surface area (Å²) in [6, 6.07) is 2.32. The van der Waals surface area contributed by atoms with Crippen LogP contribution in [0, 0.1) is 0 Å². The molecule has 0 saturated heterocycles. The number of H-pyrrole nitrogens is 1. The Labute approximate surface area is 115 Å². The second-order valence-electron chi connectivity index (χ2n) is 5.99. The maximum absolute atomic E-state index is 10.1. The van der Waals surface area contributed by atoms with Crippen LogP contribution in [0.2, 0.25) is 0 Å². The topological polar surface area (TPSA) is 79.6 Å². The molecule has 20 heavy (non-hydrogen) atoms. The Morgan fingerprint density at radius 1 is 1.40 bits per heavy atom. The number of nitrogens with one attached hydrogen (secondary N) is 1. The number of pyridine rings is 1. The Morgan fingerprint density at radius 3 is 3.00 bits per heavy atom. The summed E-state index contributed by atoms with van der Waals surface area (Å²) in [5.74, 6) is 0. The number of aromatic nitrogens is 5. The first-order chi connectivity index (χ1) is 9.64. The highest BCUT2D eigenvalue weighted by molar-refractivity contribution is 6.00. The third-order valence-corrected chi connectivity index (χ3v) is 4.39. The zero-order valence-corrected chi connectivity index (χ0v) is 11.4. The minimum atomic E-state index is -0.530. The zero-order valence-electron chi connectivity index (χ0n) is 11.4. The third-order valence-electron chi connectivity index (χ3n) is 4.39. The van der Waals surface area contributed by atoms with E-state index in [0.717, 1.165) is 47.8 Å². The van der Waals surface area contributed by atoms with Gasteiger partial charge in [0.15, 0.2) is 0 Å². The molecule has 104 valence electrons. The monoisotopic (exact) mass is 271 g/mol. The molecular weight excluding hydrogens is 254 g/mol. The van der Waals surface area contributed by atoms with E-state index in [2.05, 4.69) is 20.3 Å². The first kappa shape index (κ1) is 11.8. The van der Waals surface area contributed by atoms with Gasteiger partial charge in [0.05, 0.1) is 17.8 Å². The molecule has 3 aromatic rings. The summed E-state index contributed by atoms with van der Waals surface area (Å²) in [6.45, 7) is 1.91. The smallest absolute Gasteiger partial charge is 0.139 e.